The molecule has 1 heterocycles. The molecule has 1 aliphatic heterocycles. The lowest BCUT2D eigenvalue weighted by atomic mass is 9.99. The minimum absolute atomic E-state index is 0.0632. The third-order valence-corrected chi connectivity index (χ3v) is 2.95. The monoisotopic (exact) mass is 184 g/mol. The van der Waals surface area contributed by atoms with Gasteiger partial charge in [0.25, 0.3) is 0 Å². The molecule has 0 aromatic rings. The minimum Gasteiger partial charge on any atom is -0.336 e. The number of likely N-dealkylation sites (tertiary alicyclic amines) is 1. The quantitative estimate of drug-likeness (QED) is 0.714. The molecule has 1 fully saturated rings. The number of hydrogen-bond donors (Lipinski definition) is 1. The summed E-state index contributed by atoms with van der Waals surface area (Å²) in [5, 5.41) is 0. The van der Waals surface area contributed by atoms with Gasteiger partial charge in [-0.05, 0) is 26.2 Å². The molecule has 3 nitrogen and oxygen atoms in total. The highest BCUT2D eigenvalue weighted by atomic mass is 16.2. The van der Waals surface area contributed by atoms with Crippen molar-refractivity contribution < 1.29 is 4.79 Å². The average molecular weight is 184 g/mol. The van der Waals surface area contributed by atoms with Crippen molar-refractivity contribution >= 4 is 5.91 Å². The van der Waals surface area contributed by atoms with Crippen molar-refractivity contribution in [3.8, 4) is 0 Å². The maximum atomic E-state index is 11.7. The molecule has 0 aromatic carbocycles. The number of nitrogens with two attached hydrogens (primary N) is 1. The number of rotatable bonds is 3. The summed E-state index contributed by atoms with van der Waals surface area (Å²) in [6.07, 6.45) is 3.74. The molecule has 1 amide bonds. The molecule has 0 bridgehead atoms. The summed E-state index contributed by atoms with van der Waals surface area (Å²) in [7, 11) is 0. The molecule has 0 aliphatic carbocycles. The third-order valence-electron chi connectivity index (χ3n) is 2.95. The van der Waals surface area contributed by atoms with E-state index in [1.54, 1.807) is 0 Å². The van der Waals surface area contributed by atoms with Crippen LogP contribution < -0.4 is 5.73 Å². The van der Waals surface area contributed by atoms with Crippen LogP contribution in [0, 0.1) is 0 Å². The van der Waals surface area contributed by atoms with Crippen molar-refractivity contribution in [2.75, 3.05) is 13.1 Å². The normalized spacial score (nSPS) is 28.1. The van der Waals surface area contributed by atoms with Crippen LogP contribution in [0.1, 0.15) is 39.5 Å². The van der Waals surface area contributed by atoms with Gasteiger partial charge in [-0.2, -0.15) is 0 Å². The van der Waals surface area contributed by atoms with Crippen LogP contribution in [-0.2, 0) is 4.79 Å². The fourth-order valence-electron chi connectivity index (χ4n) is 2.01. The summed E-state index contributed by atoms with van der Waals surface area (Å²) in [5.41, 5.74) is 5.64. The van der Waals surface area contributed by atoms with Crippen molar-refractivity contribution in [2.45, 2.75) is 45.1 Å². The van der Waals surface area contributed by atoms with Gasteiger partial charge >= 0.3 is 0 Å². The zero-order valence-corrected chi connectivity index (χ0v) is 8.68. The van der Waals surface area contributed by atoms with Gasteiger partial charge in [-0.3, -0.25) is 4.79 Å². The van der Waals surface area contributed by atoms with Crippen LogP contribution in [-0.4, -0.2) is 29.4 Å². The van der Waals surface area contributed by atoms with Gasteiger partial charge < -0.3 is 10.6 Å². The molecule has 0 radical (unpaired) electrons. The van der Waals surface area contributed by atoms with Crippen LogP contribution >= 0.6 is 0 Å². The van der Waals surface area contributed by atoms with Crippen LogP contribution in [0.3, 0.4) is 0 Å². The van der Waals surface area contributed by atoms with Crippen molar-refractivity contribution in [1.29, 1.82) is 0 Å². The fraction of sp³-hybridized carbons (Fsp3) is 0.900. The van der Waals surface area contributed by atoms with Crippen molar-refractivity contribution in [3.05, 3.63) is 0 Å². The highest BCUT2D eigenvalue weighted by Crippen LogP contribution is 2.28. The van der Waals surface area contributed by atoms with Gasteiger partial charge in [0.2, 0.25) is 5.91 Å². The average Bonchev–Trinajstić information content (AvgIpc) is 2.49. The molecule has 1 rings (SSSR count). The van der Waals surface area contributed by atoms with Crippen LogP contribution in [0.4, 0.5) is 0 Å². The van der Waals surface area contributed by atoms with E-state index in [1.807, 2.05) is 11.8 Å². The zero-order valence-electron chi connectivity index (χ0n) is 8.68. The topological polar surface area (TPSA) is 46.3 Å². The van der Waals surface area contributed by atoms with E-state index in [0.29, 0.717) is 13.0 Å². The number of hydrogen-bond acceptors (Lipinski definition) is 2. The second-order valence-electron chi connectivity index (χ2n) is 4.10. The standard InChI is InChI=1S/C10H20N2O/c1-3-5-9(13)12-7-4-6-10(12,2)8-11/h3-8,11H2,1-2H3. The van der Waals surface area contributed by atoms with E-state index in [0.717, 1.165) is 25.8 Å². The Morgan fingerprint density at radius 1 is 1.62 bits per heavy atom. The van der Waals surface area contributed by atoms with Gasteiger partial charge in [0.05, 0.1) is 5.54 Å². The number of nitrogens with zero attached hydrogens (tertiary/aromatic N) is 1. The Hall–Kier alpha value is -0.570. The van der Waals surface area contributed by atoms with Crippen LogP contribution in [0.25, 0.3) is 0 Å². The second kappa shape index (κ2) is 4.09. The lowest BCUT2D eigenvalue weighted by Crippen LogP contribution is -2.49. The Balaban J connectivity index is 2.62. The van der Waals surface area contributed by atoms with E-state index in [4.69, 9.17) is 5.73 Å². The van der Waals surface area contributed by atoms with E-state index in [1.165, 1.54) is 0 Å². The Morgan fingerprint density at radius 3 is 2.85 bits per heavy atom. The molecule has 0 aromatic heterocycles. The molecule has 0 saturated carbocycles. The molecule has 1 saturated heterocycles. The summed E-state index contributed by atoms with van der Waals surface area (Å²) in [4.78, 5) is 13.7. The molecule has 76 valence electrons. The summed E-state index contributed by atoms with van der Waals surface area (Å²) in [6, 6.07) is 0. The largest absolute Gasteiger partial charge is 0.336 e. The lowest BCUT2D eigenvalue weighted by molar-refractivity contribution is -0.134. The smallest absolute Gasteiger partial charge is 0.223 e. The van der Waals surface area contributed by atoms with Crippen molar-refractivity contribution in [1.82, 2.24) is 4.90 Å². The van der Waals surface area contributed by atoms with E-state index >= 15 is 0 Å². The Kier molecular flexibility index (Phi) is 3.31. The number of carbonyl (C=O) groups excluding carboxylic acids is 1. The van der Waals surface area contributed by atoms with E-state index in [9.17, 15) is 4.79 Å². The predicted octanol–water partition coefficient (Wildman–Crippen LogP) is 1.13. The van der Waals surface area contributed by atoms with Crippen LogP contribution in [0.15, 0.2) is 0 Å². The Labute approximate surface area is 80.3 Å². The Bertz CT molecular complexity index is 193. The molecule has 3 heteroatoms. The van der Waals surface area contributed by atoms with E-state index in [2.05, 4.69) is 6.92 Å². The minimum atomic E-state index is -0.0632. The van der Waals surface area contributed by atoms with Crippen LogP contribution in [0.5, 0.6) is 0 Å². The number of amides is 1. The van der Waals surface area contributed by atoms with Gasteiger partial charge in [-0.25, -0.2) is 0 Å². The SMILES string of the molecule is CCCC(=O)N1CCCC1(C)CN. The first-order chi connectivity index (χ1) is 6.14. The molecule has 2 N–H and O–H groups in total. The van der Waals surface area contributed by atoms with Gasteiger partial charge in [0, 0.05) is 19.5 Å². The molecule has 13 heavy (non-hydrogen) atoms. The van der Waals surface area contributed by atoms with Gasteiger partial charge in [-0.1, -0.05) is 6.92 Å². The predicted molar refractivity (Wildman–Crippen MR) is 53.3 cm³/mol. The fourth-order valence-corrected chi connectivity index (χ4v) is 2.01. The first-order valence-corrected chi connectivity index (χ1v) is 5.14. The maximum Gasteiger partial charge on any atom is 0.223 e. The third kappa shape index (κ3) is 2.02. The number of carbonyl (C=O) groups is 1. The summed E-state index contributed by atoms with van der Waals surface area (Å²) in [6.45, 7) is 5.61. The van der Waals surface area contributed by atoms with Crippen LogP contribution in [0.2, 0.25) is 0 Å². The van der Waals surface area contributed by atoms with Crippen molar-refractivity contribution in [3.63, 3.8) is 0 Å². The molecular formula is C10H20N2O. The Morgan fingerprint density at radius 2 is 2.31 bits per heavy atom. The zero-order chi connectivity index (χ0) is 9.90. The molecule has 1 unspecified atom stereocenters. The molecular weight excluding hydrogens is 164 g/mol. The summed E-state index contributed by atoms with van der Waals surface area (Å²) < 4.78 is 0. The van der Waals surface area contributed by atoms with Crippen molar-refractivity contribution in [2.24, 2.45) is 5.73 Å². The first-order valence-electron chi connectivity index (χ1n) is 5.14. The van der Waals surface area contributed by atoms with Gasteiger partial charge in [0.15, 0.2) is 0 Å². The molecule has 0 spiro atoms. The maximum absolute atomic E-state index is 11.7. The summed E-state index contributed by atoms with van der Waals surface area (Å²) in [5.74, 6) is 0.271. The first kappa shape index (κ1) is 10.5. The molecule has 1 atom stereocenters. The highest BCUT2D eigenvalue weighted by Gasteiger charge is 2.37. The summed E-state index contributed by atoms with van der Waals surface area (Å²) >= 11 is 0. The van der Waals surface area contributed by atoms with E-state index in [-0.39, 0.29) is 11.4 Å². The lowest BCUT2D eigenvalue weighted by Gasteiger charge is -2.34. The van der Waals surface area contributed by atoms with E-state index < -0.39 is 0 Å². The second-order valence-corrected chi connectivity index (χ2v) is 4.10. The highest BCUT2D eigenvalue weighted by molar-refractivity contribution is 5.77. The van der Waals surface area contributed by atoms with Gasteiger partial charge in [0.1, 0.15) is 0 Å². The van der Waals surface area contributed by atoms with Gasteiger partial charge in [-0.15, -0.1) is 0 Å². The molecule has 1 aliphatic rings.